The number of hydrogen-bond donors (Lipinski definition) is 0. The number of rotatable bonds is 3. The van der Waals surface area contributed by atoms with Gasteiger partial charge in [0, 0.05) is 0 Å². The second kappa shape index (κ2) is 5.59. The van der Waals surface area contributed by atoms with Crippen molar-refractivity contribution >= 4 is 23.6 Å². The van der Waals surface area contributed by atoms with E-state index < -0.39 is 12.0 Å². The molecular weight excluding hydrogens is 272 g/mol. The first-order valence-corrected chi connectivity index (χ1v) is 5.79. The van der Waals surface area contributed by atoms with E-state index in [-0.39, 0.29) is 30.5 Å². The van der Waals surface area contributed by atoms with Crippen LogP contribution in [0.5, 0.6) is 5.75 Å². The molecule has 0 saturated carbocycles. The molecule has 19 heavy (non-hydrogen) atoms. The Hall–Kier alpha value is -2.26. The minimum absolute atomic E-state index is 0.197. The van der Waals surface area contributed by atoms with Gasteiger partial charge in [-0.15, -0.1) is 0 Å². The summed E-state index contributed by atoms with van der Waals surface area (Å²) in [6, 6.07) is 6.39. The average Bonchev–Trinajstić information content (AvgIpc) is 2.83. The molecule has 2 rings (SSSR count). The highest BCUT2D eigenvalue weighted by molar-refractivity contribution is 6.32. The highest BCUT2D eigenvalue weighted by Gasteiger charge is 2.28. The largest absolute Gasteiger partial charge is 0.482 e. The molecule has 98 valence electrons. The van der Waals surface area contributed by atoms with E-state index in [9.17, 15) is 9.59 Å². The summed E-state index contributed by atoms with van der Waals surface area (Å²) in [5, 5.41) is 8.91. The number of nitrogens with zero attached hydrogens (tertiary/aromatic N) is 2. The maximum absolute atomic E-state index is 11.7. The van der Waals surface area contributed by atoms with Crippen molar-refractivity contribution in [2.24, 2.45) is 0 Å². The number of amides is 2. The molecule has 0 atom stereocenters. The van der Waals surface area contributed by atoms with Crippen molar-refractivity contribution in [3.8, 4) is 11.8 Å². The molecule has 1 heterocycles. The topological polar surface area (TPSA) is 79.6 Å². The van der Waals surface area contributed by atoms with E-state index in [1.807, 2.05) is 6.07 Å². The summed E-state index contributed by atoms with van der Waals surface area (Å²) in [4.78, 5) is 23.8. The summed E-state index contributed by atoms with van der Waals surface area (Å²) >= 11 is 5.89. The molecule has 0 radical (unpaired) electrons. The first-order valence-electron chi connectivity index (χ1n) is 5.41. The molecule has 0 aromatic heterocycles. The van der Waals surface area contributed by atoms with Gasteiger partial charge in [-0.3, -0.25) is 4.79 Å². The molecule has 0 N–H and O–H groups in total. The number of carbonyl (C=O) groups is 2. The highest BCUT2D eigenvalue weighted by Crippen LogP contribution is 2.25. The summed E-state index contributed by atoms with van der Waals surface area (Å²) in [6.07, 6.45) is -0.667. The van der Waals surface area contributed by atoms with Gasteiger partial charge >= 0.3 is 6.09 Å². The third-order valence-corrected chi connectivity index (χ3v) is 2.77. The smallest absolute Gasteiger partial charge is 0.416 e. The standard InChI is InChI=1S/C12H9ClN2O4/c13-9-5-8(6-14)1-2-10(9)19-7-11(16)15-3-4-18-12(15)17/h1-2,5H,3-4,7H2. The van der Waals surface area contributed by atoms with Crippen LogP contribution in [0.25, 0.3) is 0 Å². The maximum atomic E-state index is 11.7. The fourth-order valence-corrected chi connectivity index (χ4v) is 1.76. The molecule has 2 amide bonds. The molecule has 0 unspecified atom stereocenters. The Bertz CT molecular complexity index is 567. The first-order chi connectivity index (χ1) is 9.11. The van der Waals surface area contributed by atoms with Gasteiger partial charge < -0.3 is 9.47 Å². The zero-order valence-corrected chi connectivity index (χ0v) is 10.5. The van der Waals surface area contributed by atoms with Crippen LogP contribution in [0.4, 0.5) is 4.79 Å². The van der Waals surface area contributed by atoms with Crippen LogP contribution >= 0.6 is 11.6 Å². The minimum atomic E-state index is -0.667. The number of halogens is 1. The SMILES string of the molecule is N#Cc1ccc(OCC(=O)N2CCOC2=O)c(Cl)c1. The molecular formula is C12H9ClN2O4. The van der Waals surface area contributed by atoms with Gasteiger partial charge in [0.2, 0.25) is 0 Å². The minimum Gasteiger partial charge on any atom is -0.482 e. The van der Waals surface area contributed by atoms with E-state index in [1.54, 1.807) is 0 Å². The normalized spacial score (nSPS) is 13.9. The molecule has 0 spiro atoms. The van der Waals surface area contributed by atoms with Crippen molar-refractivity contribution < 1.29 is 19.1 Å². The predicted molar refractivity (Wildman–Crippen MR) is 64.7 cm³/mol. The van der Waals surface area contributed by atoms with Crippen LogP contribution < -0.4 is 4.74 Å². The van der Waals surface area contributed by atoms with Gasteiger partial charge in [0.1, 0.15) is 12.4 Å². The van der Waals surface area contributed by atoms with Crippen molar-refractivity contribution in [1.29, 1.82) is 5.26 Å². The zero-order chi connectivity index (χ0) is 13.8. The second-order valence-corrected chi connectivity index (χ2v) is 4.11. The van der Waals surface area contributed by atoms with Crippen LogP contribution in [0, 0.1) is 11.3 Å². The summed E-state index contributed by atoms with van der Waals surface area (Å²) < 4.78 is 9.86. The zero-order valence-electron chi connectivity index (χ0n) is 9.76. The molecule has 0 aliphatic carbocycles. The first kappa shape index (κ1) is 13.2. The molecule has 1 aromatic carbocycles. The summed E-state index contributed by atoms with van der Waals surface area (Å²) in [6.45, 7) is 0.102. The van der Waals surface area contributed by atoms with Crippen LogP contribution in [0.1, 0.15) is 5.56 Å². The third-order valence-electron chi connectivity index (χ3n) is 2.47. The second-order valence-electron chi connectivity index (χ2n) is 3.71. The highest BCUT2D eigenvalue weighted by atomic mass is 35.5. The van der Waals surface area contributed by atoms with Crippen LogP contribution in [0.2, 0.25) is 5.02 Å². The predicted octanol–water partition coefficient (Wildman–Crippen LogP) is 1.57. The number of hydrogen-bond acceptors (Lipinski definition) is 5. The number of nitriles is 1. The summed E-state index contributed by atoms with van der Waals surface area (Å²) in [5.74, 6) is -0.218. The number of cyclic esters (lactones) is 1. The van der Waals surface area contributed by atoms with Crippen molar-refractivity contribution in [3.05, 3.63) is 28.8 Å². The molecule has 1 aliphatic rings. The number of carbonyl (C=O) groups excluding carboxylic acids is 2. The lowest BCUT2D eigenvalue weighted by molar-refractivity contribution is -0.129. The van der Waals surface area contributed by atoms with Crippen molar-refractivity contribution in [2.45, 2.75) is 0 Å². The fourth-order valence-electron chi connectivity index (χ4n) is 1.52. The van der Waals surface area contributed by atoms with Crippen LogP contribution in [-0.2, 0) is 9.53 Å². The Labute approximate surface area is 114 Å². The maximum Gasteiger partial charge on any atom is 0.416 e. The Morgan fingerprint density at radius 3 is 2.95 bits per heavy atom. The fraction of sp³-hybridized carbons (Fsp3) is 0.250. The van der Waals surface area contributed by atoms with Gasteiger partial charge in [0.25, 0.3) is 5.91 Å². The summed E-state index contributed by atoms with van der Waals surface area (Å²) in [5.41, 5.74) is 0.395. The van der Waals surface area contributed by atoms with E-state index in [0.29, 0.717) is 5.56 Å². The Kier molecular flexibility index (Phi) is 3.88. The molecule has 1 aliphatic heterocycles. The quantitative estimate of drug-likeness (QED) is 0.839. The van der Waals surface area contributed by atoms with E-state index >= 15 is 0 Å². The van der Waals surface area contributed by atoms with Crippen LogP contribution in [0.3, 0.4) is 0 Å². The van der Waals surface area contributed by atoms with Crippen molar-refractivity contribution in [2.75, 3.05) is 19.8 Å². The summed E-state index contributed by atoms with van der Waals surface area (Å²) in [7, 11) is 0. The van der Waals surface area contributed by atoms with Gasteiger partial charge in [-0.2, -0.15) is 5.26 Å². The number of benzene rings is 1. The Balaban J connectivity index is 1.97. The van der Waals surface area contributed by atoms with Crippen LogP contribution in [0.15, 0.2) is 18.2 Å². The van der Waals surface area contributed by atoms with Gasteiger partial charge in [0.15, 0.2) is 6.61 Å². The Morgan fingerprint density at radius 1 is 1.58 bits per heavy atom. The number of ether oxygens (including phenoxy) is 2. The van der Waals surface area contributed by atoms with E-state index in [2.05, 4.69) is 4.74 Å². The lowest BCUT2D eigenvalue weighted by atomic mass is 10.2. The van der Waals surface area contributed by atoms with Crippen LogP contribution in [-0.4, -0.2) is 36.7 Å². The van der Waals surface area contributed by atoms with Gasteiger partial charge in [-0.1, -0.05) is 11.6 Å². The molecule has 0 bridgehead atoms. The monoisotopic (exact) mass is 280 g/mol. The van der Waals surface area contributed by atoms with Gasteiger partial charge in [0.05, 0.1) is 23.2 Å². The lowest BCUT2D eigenvalue weighted by Crippen LogP contribution is -2.35. The number of imide groups is 1. The van der Waals surface area contributed by atoms with Gasteiger partial charge in [-0.05, 0) is 18.2 Å². The third kappa shape index (κ3) is 2.95. The average molecular weight is 281 g/mol. The van der Waals surface area contributed by atoms with E-state index in [1.165, 1.54) is 18.2 Å². The molecule has 1 saturated heterocycles. The van der Waals surface area contributed by atoms with E-state index in [0.717, 1.165) is 4.90 Å². The molecule has 6 nitrogen and oxygen atoms in total. The molecule has 1 fully saturated rings. The lowest BCUT2D eigenvalue weighted by Gasteiger charge is -2.12. The van der Waals surface area contributed by atoms with Crippen molar-refractivity contribution in [1.82, 2.24) is 4.90 Å². The Morgan fingerprint density at radius 2 is 2.37 bits per heavy atom. The van der Waals surface area contributed by atoms with Gasteiger partial charge in [-0.25, -0.2) is 9.69 Å². The molecule has 1 aromatic rings. The van der Waals surface area contributed by atoms with Crippen molar-refractivity contribution in [3.63, 3.8) is 0 Å². The van der Waals surface area contributed by atoms with E-state index in [4.69, 9.17) is 21.6 Å². The molecule has 7 heteroatoms.